The SMILES string of the molecule is NCc1cccc(N2CCCCC2C(N)=O)c1. The van der Waals surface area contributed by atoms with E-state index in [9.17, 15) is 4.79 Å². The first-order chi connectivity index (χ1) is 8.22. The highest BCUT2D eigenvalue weighted by atomic mass is 16.1. The highest BCUT2D eigenvalue weighted by molar-refractivity contribution is 5.83. The predicted molar refractivity (Wildman–Crippen MR) is 68.5 cm³/mol. The minimum Gasteiger partial charge on any atom is -0.368 e. The zero-order chi connectivity index (χ0) is 12.3. The van der Waals surface area contributed by atoms with Gasteiger partial charge in [-0.15, -0.1) is 0 Å². The van der Waals surface area contributed by atoms with Crippen LogP contribution in [0.25, 0.3) is 0 Å². The highest BCUT2D eigenvalue weighted by Gasteiger charge is 2.26. The Kier molecular flexibility index (Phi) is 3.64. The summed E-state index contributed by atoms with van der Waals surface area (Å²) in [6.07, 6.45) is 3.03. The van der Waals surface area contributed by atoms with Crippen LogP contribution >= 0.6 is 0 Å². The fourth-order valence-electron chi connectivity index (χ4n) is 2.40. The Morgan fingerprint density at radius 3 is 2.94 bits per heavy atom. The summed E-state index contributed by atoms with van der Waals surface area (Å²) in [4.78, 5) is 13.6. The van der Waals surface area contributed by atoms with Crippen molar-refractivity contribution in [1.82, 2.24) is 0 Å². The molecule has 1 heterocycles. The average molecular weight is 233 g/mol. The largest absolute Gasteiger partial charge is 0.368 e. The van der Waals surface area contributed by atoms with Gasteiger partial charge in [0.2, 0.25) is 5.91 Å². The van der Waals surface area contributed by atoms with Crippen molar-refractivity contribution in [2.45, 2.75) is 31.8 Å². The number of primary amides is 1. The van der Waals surface area contributed by atoms with Crippen molar-refractivity contribution in [3.63, 3.8) is 0 Å². The Hall–Kier alpha value is -1.55. The van der Waals surface area contributed by atoms with E-state index < -0.39 is 0 Å². The Labute approximate surface area is 102 Å². The third kappa shape index (κ3) is 2.58. The minimum atomic E-state index is -0.233. The maximum absolute atomic E-state index is 11.4. The topological polar surface area (TPSA) is 72.3 Å². The number of rotatable bonds is 3. The van der Waals surface area contributed by atoms with E-state index in [1.807, 2.05) is 24.3 Å². The van der Waals surface area contributed by atoms with Crippen molar-refractivity contribution >= 4 is 11.6 Å². The van der Waals surface area contributed by atoms with Gasteiger partial charge >= 0.3 is 0 Å². The third-order valence-electron chi connectivity index (χ3n) is 3.31. The van der Waals surface area contributed by atoms with Crippen molar-refractivity contribution in [2.24, 2.45) is 11.5 Å². The van der Waals surface area contributed by atoms with Gasteiger partial charge in [0.05, 0.1) is 0 Å². The van der Waals surface area contributed by atoms with Gasteiger partial charge in [0.25, 0.3) is 0 Å². The summed E-state index contributed by atoms with van der Waals surface area (Å²) >= 11 is 0. The van der Waals surface area contributed by atoms with Crippen LogP contribution in [0.2, 0.25) is 0 Å². The van der Waals surface area contributed by atoms with Crippen LogP contribution in [0.15, 0.2) is 24.3 Å². The van der Waals surface area contributed by atoms with Gasteiger partial charge in [-0.05, 0) is 37.0 Å². The normalized spacial score (nSPS) is 20.3. The molecule has 1 unspecified atom stereocenters. The number of amides is 1. The molecule has 0 aromatic heterocycles. The van der Waals surface area contributed by atoms with Crippen LogP contribution in [0.4, 0.5) is 5.69 Å². The fraction of sp³-hybridized carbons (Fsp3) is 0.462. The maximum Gasteiger partial charge on any atom is 0.240 e. The molecule has 1 amide bonds. The Morgan fingerprint density at radius 2 is 2.24 bits per heavy atom. The molecule has 1 aliphatic rings. The summed E-state index contributed by atoms with van der Waals surface area (Å²) in [5, 5.41) is 0. The van der Waals surface area contributed by atoms with Crippen LogP contribution < -0.4 is 16.4 Å². The number of carbonyl (C=O) groups is 1. The summed E-state index contributed by atoms with van der Waals surface area (Å²) in [6.45, 7) is 1.41. The zero-order valence-corrected chi connectivity index (χ0v) is 9.93. The first-order valence-electron chi connectivity index (χ1n) is 6.07. The van der Waals surface area contributed by atoms with E-state index in [1.54, 1.807) is 0 Å². The van der Waals surface area contributed by atoms with Gasteiger partial charge in [-0.3, -0.25) is 4.79 Å². The molecule has 0 radical (unpaired) electrons. The Morgan fingerprint density at radius 1 is 1.41 bits per heavy atom. The first kappa shape index (κ1) is 11.9. The van der Waals surface area contributed by atoms with Crippen molar-refractivity contribution in [1.29, 1.82) is 0 Å². The number of hydrogen-bond donors (Lipinski definition) is 2. The molecule has 1 aliphatic heterocycles. The van der Waals surface area contributed by atoms with Crippen LogP contribution in [0, 0.1) is 0 Å². The van der Waals surface area contributed by atoms with E-state index in [1.165, 1.54) is 0 Å². The third-order valence-corrected chi connectivity index (χ3v) is 3.31. The van der Waals surface area contributed by atoms with Gasteiger partial charge < -0.3 is 16.4 Å². The standard InChI is InChI=1S/C13H19N3O/c14-9-10-4-3-5-11(8-10)16-7-2-1-6-12(16)13(15)17/h3-5,8,12H,1-2,6-7,9,14H2,(H2,15,17). The monoisotopic (exact) mass is 233 g/mol. The number of carbonyl (C=O) groups excluding carboxylic acids is 1. The molecule has 1 saturated heterocycles. The number of hydrogen-bond acceptors (Lipinski definition) is 3. The lowest BCUT2D eigenvalue weighted by molar-refractivity contribution is -0.119. The van der Waals surface area contributed by atoms with Gasteiger partial charge in [-0.2, -0.15) is 0 Å². The second-order valence-corrected chi connectivity index (χ2v) is 4.48. The quantitative estimate of drug-likeness (QED) is 0.817. The van der Waals surface area contributed by atoms with Crippen LogP contribution in [-0.4, -0.2) is 18.5 Å². The van der Waals surface area contributed by atoms with Gasteiger partial charge in [-0.1, -0.05) is 12.1 Å². The smallest absolute Gasteiger partial charge is 0.240 e. The van der Waals surface area contributed by atoms with Gasteiger partial charge in [-0.25, -0.2) is 0 Å². The molecule has 0 saturated carbocycles. The van der Waals surface area contributed by atoms with E-state index in [-0.39, 0.29) is 11.9 Å². The summed E-state index contributed by atoms with van der Waals surface area (Å²) in [6, 6.07) is 7.86. The molecule has 1 aromatic carbocycles. The summed E-state index contributed by atoms with van der Waals surface area (Å²) < 4.78 is 0. The molecule has 2 rings (SSSR count). The molecule has 0 bridgehead atoms. The molecule has 0 aliphatic carbocycles. The van der Waals surface area contributed by atoms with E-state index in [0.717, 1.165) is 37.1 Å². The second-order valence-electron chi connectivity index (χ2n) is 4.48. The van der Waals surface area contributed by atoms with E-state index in [4.69, 9.17) is 11.5 Å². The van der Waals surface area contributed by atoms with E-state index in [0.29, 0.717) is 6.54 Å². The van der Waals surface area contributed by atoms with Gasteiger partial charge in [0.1, 0.15) is 6.04 Å². The Bertz CT molecular complexity index is 405. The molecule has 1 aromatic rings. The molecule has 0 spiro atoms. The fourth-order valence-corrected chi connectivity index (χ4v) is 2.40. The average Bonchev–Trinajstić information content (AvgIpc) is 2.39. The molecule has 1 atom stereocenters. The van der Waals surface area contributed by atoms with Crippen molar-refractivity contribution in [3.8, 4) is 0 Å². The second kappa shape index (κ2) is 5.19. The molecule has 4 N–H and O–H groups in total. The number of nitrogens with zero attached hydrogens (tertiary/aromatic N) is 1. The zero-order valence-electron chi connectivity index (χ0n) is 9.93. The molecule has 17 heavy (non-hydrogen) atoms. The molecule has 4 nitrogen and oxygen atoms in total. The van der Waals surface area contributed by atoms with Crippen LogP contribution in [-0.2, 0) is 11.3 Å². The first-order valence-corrected chi connectivity index (χ1v) is 6.07. The number of piperidine rings is 1. The summed E-state index contributed by atoms with van der Waals surface area (Å²) in [7, 11) is 0. The van der Waals surface area contributed by atoms with Crippen molar-refractivity contribution < 1.29 is 4.79 Å². The lowest BCUT2D eigenvalue weighted by Gasteiger charge is -2.35. The maximum atomic E-state index is 11.4. The highest BCUT2D eigenvalue weighted by Crippen LogP contribution is 2.25. The molecular formula is C13H19N3O. The van der Waals surface area contributed by atoms with Crippen molar-refractivity contribution in [2.75, 3.05) is 11.4 Å². The van der Waals surface area contributed by atoms with Crippen LogP contribution in [0.5, 0.6) is 0 Å². The lowest BCUT2D eigenvalue weighted by Crippen LogP contribution is -2.47. The summed E-state index contributed by atoms with van der Waals surface area (Å²) in [5.41, 5.74) is 13.2. The van der Waals surface area contributed by atoms with E-state index in [2.05, 4.69) is 4.90 Å². The number of anilines is 1. The number of benzene rings is 1. The van der Waals surface area contributed by atoms with Crippen LogP contribution in [0.3, 0.4) is 0 Å². The van der Waals surface area contributed by atoms with Gasteiger partial charge in [0, 0.05) is 18.8 Å². The van der Waals surface area contributed by atoms with Gasteiger partial charge in [0.15, 0.2) is 0 Å². The van der Waals surface area contributed by atoms with Crippen LogP contribution in [0.1, 0.15) is 24.8 Å². The molecular weight excluding hydrogens is 214 g/mol. The lowest BCUT2D eigenvalue weighted by atomic mass is 10.0. The number of nitrogens with two attached hydrogens (primary N) is 2. The minimum absolute atomic E-state index is 0.170. The molecule has 92 valence electrons. The van der Waals surface area contributed by atoms with Crippen molar-refractivity contribution in [3.05, 3.63) is 29.8 Å². The molecule has 1 fully saturated rings. The predicted octanol–water partition coefficient (Wildman–Crippen LogP) is 0.989. The Balaban J connectivity index is 2.26. The molecule has 4 heteroatoms. The van der Waals surface area contributed by atoms with E-state index >= 15 is 0 Å². The summed E-state index contributed by atoms with van der Waals surface area (Å²) in [5.74, 6) is -0.233.